The maximum Gasteiger partial charge on any atom is 0.331 e. The molecule has 2 aromatic rings. The van der Waals surface area contributed by atoms with Crippen LogP contribution in [0.5, 0.6) is 0 Å². The Morgan fingerprint density at radius 2 is 1.04 bits per heavy atom. The lowest BCUT2D eigenvalue weighted by Crippen LogP contribution is -2.10. The molecule has 0 saturated carbocycles. The third kappa shape index (κ3) is 6.32. The van der Waals surface area contributed by atoms with Crippen LogP contribution in [-0.4, -0.2) is 23.4 Å². The van der Waals surface area contributed by atoms with E-state index in [0.29, 0.717) is 24.3 Å². The quantitative estimate of drug-likeness (QED) is 0.432. The van der Waals surface area contributed by atoms with E-state index in [4.69, 9.17) is 9.68 Å². The zero-order chi connectivity index (χ0) is 18.8. The molecule has 2 aromatic carbocycles. The van der Waals surface area contributed by atoms with Gasteiger partial charge in [0.1, 0.15) is 0 Å². The summed E-state index contributed by atoms with van der Waals surface area (Å²) in [5.74, 6) is -0.981. The number of oxime groups is 2. The van der Waals surface area contributed by atoms with Gasteiger partial charge in [-0.15, -0.1) is 0 Å². The van der Waals surface area contributed by atoms with Crippen molar-refractivity contribution in [3.8, 4) is 0 Å². The molecule has 0 atom stereocenters. The fourth-order valence-electron chi connectivity index (χ4n) is 2.22. The molecule has 0 amide bonds. The Labute approximate surface area is 152 Å². The van der Waals surface area contributed by atoms with Crippen molar-refractivity contribution in [2.24, 2.45) is 10.3 Å². The lowest BCUT2D eigenvalue weighted by molar-refractivity contribution is -0.141. The van der Waals surface area contributed by atoms with Crippen LogP contribution in [0.15, 0.2) is 71.0 Å². The van der Waals surface area contributed by atoms with Gasteiger partial charge in [0.05, 0.1) is 11.4 Å². The normalized spacial score (nSPS) is 11.8. The molecule has 0 spiro atoms. The van der Waals surface area contributed by atoms with Gasteiger partial charge in [0.25, 0.3) is 0 Å². The molecule has 0 N–H and O–H groups in total. The summed E-state index contributed by atoms with van der Waals surface area (Å²) in [5, 5.41) is 7.92. The first-order valence-electron chi connectivity index (χ1n) is 8.16. The van der Waals surface area contributed by atoms with Crippen LogP contribution in [0.4, 0.5) is 0 Å². The van der Waals surface area contributed by atoms with E-state index in [9.17, 15) is 9.59 Å². The number of rotatable bonds is 7. The second-order valence-electron chi connectivity index (χ2n) is 5.47. The minimum Gasteiger partial charge on any atom is -0.318 e. The molecule has 2 rings (SSSR count). The Kier molecular flexibility index (Phi) is 7.24. The second kappa shape index (κ2) is 9.88. The van der Waals surface area contributed by atoms with E-state index in [2.05, 4.69) is 10.3 Å². The van der Waals surface area contributed by atoms with Crippen LogP contribution >= 0.6 is 0 Å². The Bertz CT molecular complexity index is 730. The maximum absolute atomic E-state index is 11.1. The zero-order valence-electron chi connectivity index (χ0n) is 14.7. The van der Waals surface area contributed by atoms with Crippen LogP contribution in [0.3, 0.4) is 0 Å². The first-order chi connectivity index (χ1) is 12.6. The van der Waals surface area contributed by atoms with Crippen molar-refractivity contribution in [1.82, 2.24) is 0 Å². The number of carbonyl (C=O) groups excluding carboxylic acids is 2. The maximum atomic E-state index is 11.1. The van der Waals surface area contributed by atoms with E-state index >= 15 is 0 Å². The molecule has 0 aliphatic heterocycles. The van der Waals surface area contributed by atoms with E-state index < -0.39 is 11.9 Å². The highest BCUT2D eigenvalue weighted by atomic mass is 16.7. The van der Waals surface area contributed by atoms with Crippen molar-refractivity contribution in [2.75, 3.05) is 0 Å². The molecule has 0 aliphatic rings. The lowest BCUT2D eigenvalue weighted by Gasteiger charge is -2.08. The van der Waals surface area contributed by atoms with Gasteiger partial charge < -0.3 is 9.68 Å². The highest BCUT2D eigenvalue weighted by molar-refractivity contribution is 6.06. The Balaban J connectivity index is 2.22. The van der Waals surface area contributed by atoms with Crippen molar-refractivity contribution in [1.29, 1.82) is 0 Å². The number of benzene rings is 2. The molecular weight excluding hydrogens is 332 g/mol. The number of hydrogen-bond acceptors (Lipinski definition) is 6. The summed E-state index contributed by atoms with van der Waals surface area (Å²) in [6, 6.07) is 18.8. The van der Waals surface area contributed by atoms with Crippen molar-refractivity contribution in [3.05, 3.63) is 71.8 Å². The molecule has 0 aromatic heterocycles. The molecule has 6 heteroatoms. The summed E-state index contributed by atoms with van der Waals surface area (Å²) < 4.78 is 0. The summed E-state index contributed by atoms with van der Waals surface area (Å²) in [5.41, 5.74) is 2.89. The molecule has 134 valence electrons. The van der Waals surface area contributed by atoms with E-state index in [1.807, 2.05) is 60.7 Å². The number of hydrogen-bond donors (Lipinski definition) is 0. The van der Waals surface area contributed by atoms with E-state index in [1.165, 1.54) is 13.8 Å². The second-order valence-corrected chi connectivity index (χ2v) is 5.47. The molecular formula is C20H20N2O4. The molecule has 0 fully saturated rings. The van der Waals surface area contributed by atoms with E-state index in [1.54, 1.807) is 0 Å². The monoisotopic (exact) mass is 352 g/mol. The smallest absolute Gasteiger partial charge is 0.318 e. The third-order valence-corrected chi connectivity index (χ3v) is 3.38. The average Bonchev–Trinajstić information content (AvgIpc) is 2.65. The van der Waals surface area contributed by atoms with Crippen molar-refractivity contribution < 1.29 is 19.3 Å². The highest BCUT2D eigenvalue weighted by Gasteiger charge is 2.11. The largest absolute Gasteiger partial charge is 0.331 e. The SMILES string of the molecule is CC(=O)ON=C(CCC(=NOC(C)=O)c1ccccc1)c1ccccc1. The van der Waals surface area contributed by atoms with Gasteiger partial charge in [-0.3, -0.25) is 0 Å². The van der Waals surface area contributed by atoms with Crippen molar-refractivity contribution in [2.45, 2.75) is 26.7 Å². The Morgan fingerprint density at radius 1 is 0.692 bits per heavy atom. The van der Waals surface area contributed by atoms with Crippen LogP contribution in [-0.2, 0) is 19.3 Å². The minimum absolute atomic E-state index is 0.451. The van der Waals surface area contributed by atoms with Gasteiger partial charge in [0, 0.05) is 13.8 Å². The summed E-state index contributed by atoms with van der Waals surface area (Å²) in [6.07, 6.45) is 0.901. The van der Waals surface area contributed by atoms with Gasteiger partial charge in [0.15, 0.2) is 0 Å². The summed E-state index contributed by atoms with van der Waals surface area (Å²) in [7, 11) is 0. The van der Waals surface area contributed by atoms with Gasteiger partial charge in [-0.2, -0.15) is 0 Å². The number of carbonyl (C=O) groups is 2. The van der Waals surface area contributed by atoms with Crippen molar-refractivity contribution in [3.63, 3.8) is 0 Å². The van der Waals surface area contributed by atoms with E-state index in [-0.39, 0.29) is 0 Å². The van der Waals surface area contributed by atoms with Crippen LogP contribution in [0.25, 0.3) is 0 Å². The van der Waals surface area contributed by atoms with Gasteiger partial charge >= 0.3 is 11.9 Å². The first-order valence-corrected chi connectivity index (χ1v) is 8.16. The molecule has 0 aliphatic carbocycles. The Hall–Kier alpha value is -3.28. The van der Waals surface area contributed by atoms with Gasteiger partial charge in [-0.05, 0) is 24.0 Å². The molecule has 0 radical (unpaired) electrons. The summed E-state index contributed by atoms with van der Waals surface area (Å²) >= 11 is 0. The molecule has 0 saturated heterocycles. The van der Waals surface area contributed by atoms with Crippen LogP contribution in [0, 0.1) is 0 Å². The third-order valence-electron chi connectivity index (χ3n) is 3.38. The molecule has 26 heavy (non-hydrogen) atoms. The van der Waals surface area contributed by atoms with Crippen LogP contribution in [0.2, 0.25) is 0 Å². The molecule has 0 bridgehead atoms. The highest BCUT2D eigenvalue weighted by Crippen LogP contribution is 2.12. The first kappa shape index (κ1) is 19.1. The van der Waals surface area contributed by atoms with Gasteiger partial charge in [0.2, 0.25) is 0 Å². The van der Waals surface area contributed by atoms with Crippen molar-refractivity contribution >= 4 is 23.4 Å². The molecule has 0 heterocycles. The zero-order valence-corrected chi connectivity index (χ0v) is 14.7. The summed E-state index contributed by atoms with van der Waals surface area (Å²) in [6.45, 7) is 2.59. The molecule has 6 nitrogen and oxygen atoms in total. The Morgan fingerprint density at radius 3 is 1.35 bits per heavy atom. The van der Waals surface area contributed by atoms with Crippen LogP contribution in [0.1, 0.15) is 37.8 Å². The van der Waals surface area contributed by atoms with Gasteiger partial charge in [-0.25, -0.2) is 9.59 Å². The van der Waals surface area contributed by atoms with Gasteiger partial charge in [-0.1, -0.05) is 71.0 Å². The lowest BCUT2D eigenvalue weighted by atomic mass is 10.0. The van der Waals surface area contributed by atoms with Crippen LogP contribution < -0.4 is 0 Å². The minimum atomic E-state index is -0.490. The standard InChI is InChI=1S/C20H20N2O4/c1-15(23)25-21-19(17-9-5-3-6-10-17)13-14-20(22-26-16(2)24)18-11-7-4-8-12-18/h3-12H,13-14H2,1-2H3. The number of nitrogens with zero attached hydrogens (tertiary/aromatic N) is 2. The summed E-state index contributed by atoms with van der Waals surface area (Å²) in [4.78, 5) is 31.8. The van der Waals surface area contributed by atoms with E-state index in [0.717, 1.165) is 11.1 Å². The predicted octanol–water partition coefficient (Wildman–Crippen LogP) is 3.70. The predicted molar refractivity (Wildman–Crippen MR) is 98.7 cm³/mol. The molecule has 0 unspecified atom stereocenters. The fourth-order valence-corrected chi connectivity index (χ4v) is 2.22. The topological polar surface area (TPSA) is 77.3 Å². The fraction of sp³-hybridized carbons (Fsp3) is 0.200. The average molecular weight is 352 g/mol.